The zero-order chi connectivity index (χ0) is 15.8. The van der Waals surface area contributed by atoms with Crippen LogP contribution in [0.3, 0.4) is 0 Å². The third-order valence-electron chi connectivity index (χ3n) is 3.97. The van der Waals surface area contributed by atoms with Gasteiger partial charge in [0.1, 0.15) is 0 Å². The van der Waals surface area contributed by atoms with E-state index in [1.807, 2.05) is 30.3 Å². The molecule has 0 bridgehead atoms. The number of hydrogen-bond donors (Lipinski definition) is 2. The number of carbonyl (C=O) groups is 2. The number of amides is 2. The molecule has 1 heterocycles. The van der Waals surface area contributed by atoms with E-state index < -0.39 is 0 Å². The molecule has 2 rings (SSSR count). The molecule has 2 N–H and O–H groups in total. The first-order chi connectivity index (χ1) is 10.6. The fourth-order valence-electron chi connectivity index (χ4n) is 2.65. The molecule has 0 saturated carbocycles. The highest BCUT2D eigenvalue weighted by Crippen LogP contribution is 2.06. The second-order valence-corrected chi connectivity index (χ2v) is 5.77. The maximum Gasteiger partial charge on any atom is 0.221 e. The standard InChI is InChI=1S/C17H25N3O2.ClH/c1-14(21)20(13-15-5-3-2-4-6-15)12-9-17(22)19-16-7-10-18-11-8-16;/h2-6,16,18H,7-13H2,1H3,(H,19,22);1H. The number of hydrogen-bond acceptors (Lipinski definition) is 3. The second-order valence-electron chi connectivity index (χ2n) is 5.77. The lowest BCUT2D eigenvalue weighted by Crippen LogP contribution is -2.43. The third-order valence-corrected chi connectivity index (χ3v) is 3.97. The first kappa shape index (κ1) is 19.5. The Hall–Kier alpha value is -1.59. The van der Waals surface area contributed by atoms with Crippen LogP contribution in [-0.2, 0) is 16.1 Å². The van der Waals surface area contributed by atoms with Crippen molar-refractivity contribution in [3.8, 4) is 0 Å². The van der Waals surface area contributed by atoms with E-state index in [1.165, 1.54) is 0 Å². The molecule has 1 aliphatic rings. The van der Waals surface area contributed by atoms with Crippen LogP contribution in [0.2, 0.25) is 0 Å². The van der Waals surface area contributed by atoms with Gasteiger partial charge in [-0.15, -0.1) is 12.4 Å². The molecule has 1 aromatic carbocycles. The highest BCUT2D eigenvalue weighted by atomic mass is 35.5. The summed E-state index contributed by atoms with van der Waals surface area (Å²) >= 11 is 0. The topological polar surface area (TPSA) is 61.4 Å². The Morgan fingerprint density at radius 1 is 1.22 bits per heavy atom. The van der Waals surface area contributed by atoms with Crippen LogP contribution in [0.25, 0.3) is 0 Å². The van der Waals surface area contributed by atoms with Crippen LogP contribution in [0.1, 0.15) is 31.7 Å². The summed E-state index contributed by atoms with van der Waals surface area (Å²) in [5.41, 5.74) is 1.08. The van der Waals surface area contributed by atoms with Crippen molar-refractivity contribution in [2.24, 2.45) is 0 Å². The van der Waals surface area contributed by atoms with E-state index >= 15 is 0 Å². The predicted octanol–water partition coefficient (Wildman–Crippen LogP) is 1.72. The molecule has 5 nitrogen and oxygen atoms in total. The van der Waals surface area contributed by atoms with Crippen LogP contribution in [0.5, 0.6) is 0 Å². The summed E-state index contributed by atoms with van der Waals surface area (Å²) in [4.78, 5) is 25.5. The molecule has 6 heteroatoms. The Morgan fingerprint density at radius 3 is 2.48 bits per heavy atom. The molecule has 23 heavy (non-hydrogen) atoms. The van der Waals surface area contributed by atoms with Gasteiger partial charge in [-0.25, -0.2) is 0 Å². The SMILES string of the molecule is CC(=O)N(CCC(=O)NC1CCNCC1)Cc1ccccc1.Cl. The fourth-order valence-corrected chi connectivity index (χ4v) is 2.65. The Morgan fingerprint density at radius 2 is 1.87 bits per heavy atom. The highest BCUT2D eigenvalue weighted by Gasteiger charge is 2.16. The average Bonchev–Trinajstić information content (AvgIpc) is 2.53. The van der Waals surface area contributed by atoms with Gasteiger partial charge in [-0.05, 0) is 31.5 Å². The summed E-state index contributed by atoms with van der Waals surface area (Å²) < 4.78 is 0. The van der Waals surface area contributed by atoms with Crippen molar-refractivity contribution in [2.45, 2.75) is 38.8 Å². The molecule has 0 aromatic heterocycles. The number of benzene rings is 1. The van der Waals surface area contributed by atoms with Crippen LogP contribution in [0.15, 0.2) is 30.3 Å². The van der Waals surface area contributed by atoms with Gasteiger partial charge >= 0.3 is 0 Å². The van der Waals surface area contributed by atoms with Crippen molar-refractivity contribution in [1.82, 2.24) is 15.5 Å². The first-order valence-electron chi connectivity index (χ1n) is 7.94. The van der Waals surface area contributed by atoms with Gasteiger partial charge in [0.25, 0.3) is 0 Å². The Kier molecular flexibility index (Phi) is 8.66. The smallest absolute Gasteiger partial charge is 0.221 e. The maximum absolute atomic E-state index is 12.0. The first-order valence-corrected chi connectivity index (χ1v) is 7.94. The minimum atomic E-state index is -0.00137. The molecule has 1 aromatic rings. The summed E-state index contributed by atoms with van der Waals surface area (Å²) in [6, 6.07) is 10.1. The van der Waals surface area contributed by atoms with Gasteiger partial charge in [-0.2, -0.15) is 0 Å². The van der Waals surface area contributed by atoms with E-state index in [1.54, 1.807) is 11.8 Å². The molecule has 1 fully saturated rings. The van der Waals surface area contributed by atoms with Gasteiger partial charge in [0, 0.05) is 32.5 Å². The largest absolute Gasteiger partial charge is 0.353 e. The molecule has 0 aliphatic carbocycles. The van der Waals surface area contributed by atoms with E-state index in [0.29, 0.717) is 19.5 Å². The van der Waals surface area contributed by atoms with Crippen molar-refractivity contribution in [2.75, 3.05) is 19.6 Å². The van der Waals surface area contributed by atoms with Crippen LogP contribution in [0.4, 0.5) is 0 Å². The Bertz CT molecular complexity index is 490. The fraction of sp³-hybridized carbons (Fsp3) is 0.529. The number of rotatable bonds is 6. The summed E-state index contributed by atoms with van der Waals surface area (Å²) in [6.07, 6.45) is 2.31. The minimum absolute atomic E-state index is 0. The van der Waals surface area contributed by atoms with E-state index in [-0.39, 0.29) is 30.3 Å². The maximum atomic E-state index is 12.0. The van der Waals surface area contributed by atoms with E-state index in [4.69, 9.17) is 0 Å². The van der Waals surface area contributed by atoms with Crippen LogP contribution in [0, 0.1) is 0 Å². The second kappa shape index (κ2) is 10.2. The van der Waals surface area contributed by atoms with Crippen LogP contribution >= 0.6 is 12.4 Å². The summed E-state index contributed by atoms with van der Waals surface area (Å²) in [5, 5.41) is 6.34. The van der Waals surface area contributed by atoms with Crippen molar-refractivity contribution >= 4 is 24.2 Å². The quantitative estimate of drug-likeness (QED) is 0.829. The molecule has 0 radical (unpaired) electrons. The summed E-state index contributed by atoms with van der Waals surface area (Å²) in [7, 11) is 0. The lowest BCUT2D eigenvalue weighted by Gasteiger charge is -2.25. The predicted molar refractivity (Wildman–Crippen MR) is 93.4 cm³/mol. The molecule has 1 saturated heterocycles. The zero-order valence-electron chi connectivity index (χ0n) is 13.6. The normalized spacial score (nSPS) is 14.7. The van der Waals surface area contributed by atoms with Crippen molar-refractivity contribution in [3.63, 3.8) is 0 Å². The molecule has 2 amide bonds. The van der Waals surface area contributed by atoms with E-state index in [0.717, 1.165) is 31.5 Å². The number of nitrogens with zero attached hydrogens (tertiary/aromatic N) is 1. The number of halogens is 1. The lowest BCUT2D eigenvalue weighted by molar-refractivity contribution is -0.130. The number of carbonyl (C=O) groups excluding carboxylic acids is 2. The van der Waals surface area contributed by atoms with Gasteiger partial charge in [0.2, 0.25) is 11.8 Å². The van der Waals surface area contributed by atoms with E-state index in [9.17, 15) is 9.59 Å². The molecule has 1 aliphatic heterocycles. The average molecular weight is 340 g/mol. The highest BCUT2D eigenvalue weighted by molar-refractivity contribution is 5.85. The third kappa shape index (κ3) is 7.01. The molecule has 0 atom stereocenters. The molecular formula is C17H26ClN3O2. The van der Waals surface area contributed by atoms with Crippen LogP contribution < -0.4 is 10.6 Å². The van der Waals surface area contributed by atoms with Gasteiger partial charge in [-0.1, -0.05) is 30.3 Å². The van der Waals surface area contributed by atoms with Crippen molar-refractivity contribution in [1.29, 1.82) is 0 Å². The minimum Gasteiger partial charge on any atom is -0.353 e. The van der Waals surface area contributed by atoms with E-state index in [2.05, 4.69) is 10.6 Å². The zero-order valence-corrected chi connectivity index (χ0v) is 14.4. The Balaban J connectivity index is 0.00000264. The van der Waals surface area contributed by atoms with Gasteiger partial charge in [0.05, 0.1) is 0 Å². The summed E-state index contributed by atoms with van der Waals surface area (Å²) in [5.74, 6) is 0.0322. The summed E-state index contributed by atoms with van der Waals surface area (Å²) in [6.45, 7) is 4.47. The molecule has 0 unspecified atom stereocenters. The van der Waals surface area contributed by atoms with Gasteiger partial charge < -0.3 is 15.5 Å². The van der Waals surface area contributed by atoms with Crippen molar-refractivity contribution in [3.05, 3.63) is 35.9 Å². The van der Waals surface area contributed by atoms with Crippen molar-refractivity contribution < 1.29 is 9.59 Å². The van der Waals surface area contributed by atoms with Gasteiger partial charge in [0.15, 0.2) is 0 Å². The van der Waals surface area contributed by atoms with Crippen LogP contribution in [-0.4, -0.2) is 42.4 Å². The molecular weight excluding hydrogens is 314 g/mol. The monoisotopic (exact) mass is 339 g/mol. The molecule has 128 valence electrons. The number of piperidine rings is 1. The number of nitrogens with one attached hydrogen (secondary N) is 2. The molecule has 0 spiro atoms. The van der Waals surface area contributed by atoms with Gasteiger partial charge in [-0.3, -0.25) is 9.59 Å². The lowest BCUT2D eigenvalue weighted by atomic mass is 10.1. The Labute approximate surface area is 144 Å².